The number of hydrogen-bond donors (Lipinski definition) is 0. The highest BCUT2D eigenvalue weighted by Crippen LogP contribution is 2.71. The molecule has 4 rings (SSSR count). The summed E-state index contributed by atoms with van der Waals surface area (Å²) in [4.78, 5) is 0. The number of hydrogen-bond acceptors (Lipinski definition) is 3. The minimum absolute atomic E-state index is 0.281. The Morgan fingerprint density at radius 1 is 1.04 bits per heavy atom. The molecule has 0 amide bonds. The van der Waals surface area contributed by atoms with Crippen LogP contribution in [0.3, 0.4) is 0 Å². The lowest BCUT2D eigenvalue weighted by Crippen LogP contribution is -2.51. The van der Waals surface area contributed by atoms with Gasteiger partial charge in [-0.05, 0) is 54.1 Å². The largest absolute Gasteiger partial charge is 0.413 e. The minimum atomic E-state index is -1.73. The highest BCUT2D eigenvalue weighted by Gasteiger charge is 2.70. The molecule has 132 valence electrons. The van der Waals surface area contributed by atoms with Crippen molar-refractivity contribution in [3.8, 4) is 0 Å². The van der Waals surface area contributed by atoms with Gasteiger partial charge in [-0.3, -0.25) is 0 Å². The number of ether oxygens (including phenoxy) is 2. The molecule has 1 aliphatic heterocycles. The smallest absolute Gasteiger partial charge is 0.192 e. The summed E-state index contributed by atoms with van der Waals surface area (Å²) in [5, 5.41) is 0.281. The SMILES string of the molecule is CC(C)(C)[Si](C)(C)O[C@H]1[C@H]2C[C@H]2[C@]2(C)CCC3(C[C@@H]12)OCCO3. The molecule has 23 heavy (non-hydrogen) atoms. The molecule has 0 radical (unpaired) electrons. The molecule has 0 aromatic rings. The second-order valence-electron chi connectivity index (χ2n) is 10.3. The summed E-state index contributed by atoms with van der Waals surface area (Å²) in [7, 11) is -1.73. The quantitative estimate of drug-likeness (QED) is 0.690. The van der Waals surface area contributed by atoms with Gasteiger partial charge in [0, 0.05) is 12.8 Å². The fraction of sp³-hybridized carbons (Fsp3) is 1.00. The molecule has 0 bridgehead atoms. The predicted molar refractivity (Wildman–Crippen MR) is 93.8 cm³/mol. The van der Waals surface area contributed by atoms with E-state index >= 15 is 0 Å². The van der Waals surface area contributed by atoms with E-state index in [2.05, 4.69) is 40.8 Å². The van der Waals surface area contributed by atoms with E-state index in [1.54, 1.807) is 0 Å². The molecular formula is C19H34O3Si. The van der Waals surface area contributed by atoms with Gasteiger partial charge < -0.3 is 13.9 Å². The van der Waals surface area contributed by atoms with Crippen LogP contribution < -0.4 is 0 Å². The van der Waals surface area contributed by atoms with Gasteiger partial charge in [0.25, 0.3) is 0 Å². The van der Waals surface area contributed by atoms with E-state index in [1.165, 1.54) is 12.8 Å². The standard InChI is InChI=1S/C19H34O3Si/c1-17(2,3)23(5,6)22-16-13-11-14(13)18(4)7-8-19(12-15(16)18)20-9-10-21-19/h13-16H,7-12H2,1-6H3/t13-,14+,15-,16-,18-/m0/s1. The van der Waals surface area contributed by atoms with Crippen molar-refractivity contribution in [2.45, 2.75) is 83.4 Å². The zero-order valence-corrected chi connectivity index (χ0v) is 16.8. The van der Waals surface area contributed by atoms with E-state index in [1.807, 2.05) is 0 Å². The van der Waals surface area contributed by atoms with Crippen LogP contribution in [0.15, 0.2) is 0 Å². The normalized spacial score (nSPS) is 45.1. The Bertz CT molecular complexity index is 491. The average molecular weight is 339 g/mol. The lowest BCUT2D eigenvalue weighted by molar-refractivity contribution is -0.212. The number of rotatable bonds is 2. The van der Waals surface area contributed by atoms with Gasteiger partial charge in [0.15, 0.2) is 14.1 Å². The van der Waals surface area contributed by atoms with E-state index in [-0.39, 0.29) is 10.8 Å². The molecule has 3 nitrogen and oxygen atoms in total. The first-order valence-electron chi connectivity index (χ1n) is 9.54. The second kappa shape index (κ2) is 4.84. The van der Waals surface area contributed by atoms with Crippen molar-refractivity contribution in [1.82, 2.24) is 0 Å². The van der Waals surface area contributed by atoms with Crippen molar-refractivity contribution in [3.63, 3.8) is 0 Å². The van der Waals surface area contributed by atoms with Crippen LogP contribution in [0, 0.1) is 23.2 Å². The molecule has 0 aromatic heterocycles. The van der Waals surface area contributed by atoms with E-state index in [0.717, 1.165) is 37.9 Å². The fourth-order valence-electron chi connectivity index (χ4n) is 5.35. The van der Waals surface area contributed by atoms with Crippen LogP contribution in [-0.2, 0) is 13.9 Å². The van der Waals surface area contributed by atoms with Crippen molar-refractivity contribution < 1.29 is 13.9 Å². The van der Waals surface area contributed by atoms with Crippen LogP contribution in [0.5, 0.6) is 0 Å². The van der Waals surface area contributed by atoms with Crippen molar-refractivity contribution in [2.24, 2.45) is 23.2 Å². The van der Waals surface area contributed by atoms with Crippen LogP contribution in [-0.4, -0.2) is 33.4 Å². The second-order valence-corrected chi connectivity index (χ2v) is 15.0. The summed E-state index contributed by atoms with van der Waals surface area (Å²) in [6.45, 7) is 15.9. The lowest BCUT2D eigenvalue weighted by atomic mass is 9.64. The summed E-state index contributed by atoms with van der Waals surface area (Å²) in [6.07, 6.45) is 5.21. The molecule has 4 aliphatic rings. The maximum absolute atomic E-state index is 6.98. The third-order valence-corrected chi connectivity index (χ3v) is 12.5. The summed E-state index contributed by atoms with van der Waals surface area (Å²) in [5.74, 6) is 2.03. The molecular weight excluding hydrogens is 304 g/mol. The lowest BCUT2D eigenvalue weighted by Gasteiger charge is -2.49. The van der Waals surface area contributed by atoms with Crippen LogP contribution in [0.25, 0.3) is 0 Å². The van der Waals surface area contributed by atoms with Crippen LogP contribution in [0.4, 0.5) is 0 Å². The summed E-state index contributed by atoms with van der Waals surface area (Å²) < 4.78 is 19.1. The van der Waals surface area contributed by atoms with Gasteiger partial charge in [0.1, 0.15) is 0 Å². The van der Waals surface area contributed by atoms with Crippen LogP contribution >= 0.6 is 0 Å². The van der Waals surface area contributed by atoms with Gasteiger partial charge in [-0.25, -0.2) is 0 Å². The maximum atomic E-state index is 6.98. The van der Waals surface area contributed by atoms with Crippen LogP contribution in [0.2, 0.25) is 18.1 Å². The summed E-state index contributed by atoms with van der Waals surface area (Å²) in [6, 6.07) is 0. The molecule has 1 spiro atoms. The molecule has 3 aliphatic carbocycles. The Hall–Kier alpha value is 0.0969. The Morgan fingerprint density at radius 3 is 2.30 bits per heavy atom. The van der Waals surface area contributed by atoms with Gasteiger partial charge >= 0.3 is 0 Å². The minimum Gasteiger partial charge on any atom is -0.413 e. The topological polar surface area (TPSA) is 27.7 Å². The van der Waals surface area contributed by atoms with Gasteiger partial charge in [0.05, 0.1) is 19.3 Å². The van der Waals surface area contributed by atoms with Gasteiger partial charge in [-0.2, -0.15) is 0 Å². The molecule has 1 saturated heterocycles. The highest BCUT2D eigenvalue weighted by molar-refractivity contribution is 6.74. The van der Waals surface area contributed by atoms with Crippen molar-refractivity contribution in [3.05, 3.63) is 0 Å². The molecule has 1 heterocycles. The first-order chi connectivity index (χ1) is 10.6. The maximum Gasteiger partial charge on any atom is 0.192 e. The van der Waals surface area contributed by atoms with Crippen molar-refractivity contribution >= 4 is 8.32 Å². The molecule has 4 fully saturated rings. The molecule has 0 N–H and O–H groups in total. The van der Waals surface area contributed by atoms with Gasteiger partial charge in [0.2, 0.25) is 0 Å². The van der Waals surface area contributed by atoms with E-state index in [9.17, 15) is 0 Å². The Kier molecular flexibility index (Phi) is 3.48. The van der Waals surface area contributed by atoms with E-state index in [4.69, 9.17) is 13.9 Å². The Morgan fingerprint density at radius 2 is 1.70 bits per heavy atom. The van der Waals surface area contributed by atoms with Crippen LogP contribution in [0.1, 0.15) is 53.4 Å². The molecule has 5 atom stereocenters. The molecule has 0 aromatic carbocycles. The van der Waals surface area contributed by atoms with Gasteiger partial charge in [-0.1, -0.05) is 27.7 Å². The first-order valence-corrected chi connectivity index (χ1v) is 12.4. The third-order valence-electron chi connectivity index (χ3n) is 7.98. The zero-order valence-electron chi connectivity index (χ0n) is 15.8. The monoisotopic (exact) mass is 338 g/mol. The average Bonchev–Trinajstić information content (AvgIpc) is 3.07. The Labute approximate surface area is 142 Å². The molecule has 0 unspecified atom stereocenters. The summed E-state index contributed by atoms with van der Waals surface area (Å²) in [5.41, 5.74) is 0.457. The molecule has 3 saturated carbocycles. The Balaban J connectivity index is 1.58. The van der Waals surface area contributed by atoms with Crippen molar-refractivity contribution in [2.75, 3.05) is 13.2 Å². The van der Waals surface area contributed by atoms with Crippen molar-refractivity contribution in [1.29, 1.82) is 0 Å². The molecule has 4 heteroatoms. The highest BCUT2D eigenvalue weighted by atomic mass is 28.4. The summed E-state index contributed by atoms with van der Waals surface area (Å²) >= 11 is 0. The van der Waals surface area contributed by atoms with E-state index in [0.29, 0.717) is 17.4 Å². The zero-order chi connectivity index (χ0) is 16.7. The van der Waals surface area contributed by atoms with E-state index < -0.39 is 8.32 Å². The third kappa shape index (κ3) is 2.39. The van der Waals surface area contributed by atoms with Gasteiger partial charge in [-0.15, -0.1) is 0 Å². The number of fused-ring (bicyclic) bond motifs is 3. The first kappa shape index (κ1) is 16.6. The predicted octanol–water partition coefficient (Wildman–Crippen LogP) is 4.58. The fourth-order valence-corrected chi connectivity index (χ4v) is 6.72.